The summed E-state index contributed by atoms with van der Waals surface area (Å²) in [5.41, 5.74) is 2.62. The van der Waals surface area contributed by atoms with Crippen molar-refractivity contribution in [3.8, 4) is 0 Å². The van der Waals surface area contributed by atoms with Gasteiger partial charge >= 0.3 is 0 Å². The Labute approximate surface area is 181 Å². The number of hydrogen-bond acceptors (Lipinski definition) is 5. The Balaban J connectivity index is 1.75. The van der Waals surface area contributed by atoms with Crippen molar-refractivity contribution in [2.24, 2.45) is 0 Å². The Morgan fingerprint density at radius 2 is 1.63 bits per heavy atom. The Kier molecular flexibility index (Phi) is 5.73. The van der Waals surface area contributed by atoms with Crippen molar-refractivity contribution >= 4 is 11.6 Å². The lowest BCUT2D eigenvalue weighted by Gasteiger charge is -2.47. The van der Waals surface area contributed by atoms with Crippen LogP contribution in [-0.4, -0.2) is 51.4 Å². The van der Waals surface area contributed by atoms with Crippen LogP contribution in [0.25, 0.3) is 0 Å². The lowest BCUT2D eigenvalue weighted by Crippen LogP contribution is -2.62. The van der Waals surface area contributed by atoms with Gasteiger partial charge in [0.1, 0.15) is 30.0 Å². The predicted molar refractivity (Wildman–Crippen MR) is 115 cm³/mol. The highest BCUT2D eigenvalue weighted by Crippen LogP contribution is 2.56. The summed E-state index contributed by atoms with van der Waals surface area (Å²) in [5.74, 6) is 0. The van der Waals surface area contributed by atoms with E-state index in [9.17, 15) is 20.4 Å². The molecule has 0 bridgehead atoms. The lowest BCUT2D eigenvalue weighted by atomic mass is 9.79. The molecule has 30 heavy (non-hydrogen) atoms. The van der Waals surface area contributed by atoms with E-state index in [0.717, 1.165) is 24.8 Å². The van der Waals surface area contributed by atoms with Gasteiger partial charge in [0.05, 0.1) is 6.61 Å². The van der Waals surface area contributed by atoms with Crippen LogP contribution in [-0.2, 0) is 22.2 Å². The Morgan fingerprint density at radius 3 is 2.20 bits per heavy atom. The van der Waals surface area contributed by atoms with Gasteiger partial charge < -0.3 is 25.2 Å². The number of hydrogen-bond donors (Lipinski definition) is 4. The second kappa shape index (κ2) is 7.90. The number of halogens is 1. The summed E-state index contributed by atoms with van der Waals surface area (Å²) in [6.07, 6.45) is -2.22. The average Bonchev–Trinajstić information content (AvgIpc) is 3.57. The first-order valence-electron chi connectivity index (χ1n) is 10.5. The molecule has 2 aliphatic rings. The van der Waals surface area contributed by atoms with Crippen molar-refractivity contribution in [2.45, 2.75) is 68.5 Å². The van der Waals surface area contributed by atoms with Crippen molar-refractivity contribution in [2.75, 3.05) is 6.61 Å². The molecule has 1 saturated heterocycles. The molecule has 1 aliphatic carbocycles. The minimum Gasteiger partial charge on any atom is -0.394 e. The molecule has 5 atom stereocenters. The topological polar surface area (TPSA) is 90.2 Å². The molecule has 2 aromatic rings. The first-order chi connectivity index (χ1) is 14.3. The summed E-state index contributed by atoms with van der Waals surface area (Å²) in [4.78, 5) is 0. The SMILES string of the molecule is CCc1ccc(C2(c3cc(C4(C)OC(CO)C(O)C(O)C4O)ccc3Cl)CC2)cc1. The maximum absolute atomic E-state index is 10.7. The molecule has 4 N–H and O–H groups in total. The van der Waals surface area contributed by atoms with Crippen LogP contribution in [0.4, 0.5) is 0 Å². The maximum Gasteiger partial charge on any atom is 0.119 e. The van der Waals surface area contributed by atoms with Crippen LogP contribution in [0.3, 0.4) is 0 Å². The van der Waals surface area contributed by atoms with Crippen molar-refractivity contribution in [1.29, 1.82) is 0 Å². The smallest absolute Gasteiger partial charge is 0.119 e. The first kappa shape index (κ1) is 21.8. The highest BCUT2D eigenvalue weighted by atomic mass is 35.5. The third-order valence-corrected chi connectivity index (χ3v) is 7.24. The number of rotatable bonds is 5. The van der Waals surface area contributed by atoms with Crippen molar-refractivity contribution in [3.63, 3.8) is 0 Å². The standard InChI is InChI=1S/C24H29ClO5/c1-3-14-4-6-15(7-5-14)24(10-11-24)17-12-16(8-9-18(17)25)23(2)22(29)21(28)20(27)19(13-26)30-23/h4-9,12,19-22,26-29H,3,10-11,13H2,1-2H3. The molecular formula is C24H29ClO5. The molecule has 5 unspecified atom stereocenters. The van der Waals surface area contributed by atoms with E-state index in [1.54, 1.807) is 19.1 Å². The fourth-order valence-corrected chi connectivity index (χ4v) is 4.97. The number of ether oxygens (including phenoxy) is 1. The van der Waals surface area contributed by atoms with E-state index in [1.165, 1.54) is 11.1 Å². The van der Waals surface area contributed by atoms with Crippen LogP contribution in [0.15, 0.2) is 42.5 Å². The van der Waals surface area contributed by atoms with Crippen LogP contribution < -0.4 is 0 Å². The van der Waals surface area contributed by atoms with Crippen LogP contribution in [0.1, 0.15) is 48.9 Å². The molecule has 1 heterocycles. The van der Waals surface area contributed by atoms with E-state index in [-0.39, 0.29) is 5.41 Å². The van der Waals surface area contributed by atoms with Gasteiger partial charge in [0.25, 0.3) is 0 Å². The Bertz CT molecular complexity index is 908. The molecule has 162 valence electrons. The highest BCUT2D eigenvalue weighted by molar-refractivity contribution is 6.31. The van der Waals surface area contributed by atoms with E-state index in [0.29, 0.717) is 10.6 Å². The summed E-state index contributed by atoms with van der Waals surface area (Å²) < 4.78 is 5.91. The molecule has 0 amide bonds. The monoisotopic (exact) mass is 432 g/mol. The van der Waals surface area contributed by atoms with Crippen molar-refractivity contribution < 1.29 is 25.2 Å². The first-order valence-corrected chi connectivity index (χ1v) is 10.9. The second-order valence-electron chi connectivity index (χ2n) is 8.70. The van der Waals surface area contributed by atoms with E-state index in [2.05, 4.69) is 31.2 Å². The van der Waals surface area contributed by atoms with Gasteiger partial charge in [-0.25, -0.2) is 0 Å². The quantitative estimate of drug-likeness (QED) is 0.583. The molecule has 1 saturated carbocycles. The normalized spacial score (nSPS) is 32.8. The molecule has 2 aromatic carbocycles. The summed E-state index contributed by atoms with van der Waals surface area (Å²) in [6, 6.07) is 14.1. The summed E-state index contributed by atoms with van der Waals surface area (Å²) in [5, 5.41) is 41.4. The molecule has 1 aliphatic heterocycles. The zero-order valence-electron chi connectivity index (χ0n) is 17.3. The zero-order valence-corrected chi connectivity index (χ0v) is 18.0. The number of benzene rings is 2. The van der Waals surface area contributed by atoms with E-state index >= 15 is 0 Å². The molecule has 6 heteroatoms. The molecule has 4 rings (SSSR count). The number of aliphatic hydroxyl groups is 4. The van der Waals surface area contributed by atoms with Gasteiger partial charge in [-0.1, -0.05) is 54.9 Å². The fraction of sp³-hybridized carbons (Fsp3) is 0.500. The third kappa shape index (κ3) is 3.38. The number of aryl methyl sites for hydroxylation is 1. The predicted octanol–water partition coefficient (Wildman–Crippen LogP) is 2.67. The highest BCUT2D eigenvalue weighted by Gasteiger charge is 2.53. The minimum atomic E-state index is -1.43. The van der Waals surface area contributed by atoms with Crippen molar-refractivity contribution in [3.05, 3.63) is 69.7 Å². The lowest BCUT2D eigenvalue weighted by molar-refractivity contribution is -0.273. The summed E-state index contributed by atoms with van der Waals surface area (Å²) >= 11 is 6.62. The van der Waals surface area contributed by atoms with Gasteiger partial charge in [0.15, 0.2) is 0 Å². The minimum absolute atomic E-state index is 0.177. The third-order valence-electron chi connectivity index (χ3n) is 6.91. The molecular weight excluding hydrogens is 404 g/mol. The molecule has 2 fully saturated rings. The molecule has 5 nitrogen and oxygen atoms in total. The van der Waals surface area contributed by atoms with Gasteiger partial charge in [-0.2, -0.15) is 0 Å². The van der Waals surface area contributed by atoms with E-state index in [1.807, 2.05) is 6.07 Å². The average molecular weight is 433 g/mol. The second-order valence-corrected chi connectivity index (χ2v) is 9.11. The largest absolute Gasteiger partial charge is 0.394 e. The van der Waals surface area contributed by atoms with Crippen LogP contribution >= 0.6 is 11.6 Å². The van der Waals surface area contributed by atoms with Gasteiger partial charge in [0, 0.05) is 10.4 Å². The van der Waals surface area contributed by atoms with E-state index in [4.69, 9.17) is 16.3 Å². The van der Waals surface area contributed by atoms with Crippen LogP contribution in [0.2, 0.25) is 5.02 Å². The summed E-state index contributed by atoms with van der Waals surface area (Å²) in [7, 11) is 0. The van der Waals surface area contributed by atoms with Crippen LogP contribution in [0, 0.1) is 0 Å². The summed E-state index contributed by atoms with van der Waals surface area (Å²) in [6.45, 7) is 3.33. The fourth-order valence-electron chi connectivity index (χ4n) is 4.67. The van der Waals surface area contributed by atoms with Crippen LogP contribution in [0.5, 0.6) is 0 Å². The molecule has 0 spiro atoms. The molecule has 0 aromatic heterocycles. The van der Waals surface area contributed by atoms with Crippen molar-refractivity contribution in [1.82, 2.24) is 0 Å². The van der Waals surface area contributed by atoms with E-state index < -0.39 is 36.6 Å². The van der Waals surface area contributed by atoms with Gasteiger partial charge in [-0.05, 0) is 54.5 Å². The van der Waals surface area contributed by atoms with Gasteiger partial charge in [-0.3, -0.25) is 0 Å². The maximum atomic E-state index is 10.7. The van der Waals surface area contributed by atoms with Gasteiger partial charge in [0.2, 0.25) is 0 Å². The Morgan fingerprint density at radius 1 is 1.00 bits per heavy atom. The van der Waals surface area contributed by atoms with Gasteiger partial charge in [-0.15, -0.1) is 0 Å². The molecule has 0 radical (unpaired) electrons. The zero-order chi connectivity index (χ0) is 21.7. The Hall–Kier alpha value is -1.47. The number of aliphatic hydroxyl groups excluding tert-OH is 4.